The Morgan fingerprint density at radius 3 is 2.74 bits per heavy atom. The summed E-state index contributed by atoms with van der Waals surface area (Å²) in [5.74, 6) is 2.86. The van der Waals surface area contributed by atoms with Crippen molar-refractivity contribution in [1.29, 1.82) is 0 Å². The van der Waals surface area contributed by atoms with Gasteiger partial charge in [-0.3, -0.25) is 9.98 Å². The molecular formula is C25H29N3O3. The van der Waals surface area contributed by atoms with Crippen LogP contribution in [0.3, 0.4) is 0 Å². The van der Waals surface area contributed by atoms with Crippen LogP contribution < -0.4 is 9.47 Å². The Hall–Kier alpha value is -2.60. The quantitative estimate of drug-likeness (QED) is 0.785. The zero-order valence-electron chi connectivity index (χ0n) is 18.0. The summed E-state index contributed by atoms with van der Waals surface area (Å²) in [6.07, 6.45) is 5.93. The summed E-state index contributed by atoms with van der Waals surface area (Å²) in [5, 5.41) is 10.2. The highest BCUT2D eigenvalue weighted by molar-refractivity contribution is 5.91. The van der Waals surface area contributed by atoms with E-state index in [0.29, 0.717) is 0 Å². The van der Waals surface area contributed by atoms with Crippen molar-refractivity contribution in [1.82, 2.24) is 9.88 Å². The Morgan fingerprint density at radius 1 is 1.06 bits per heavy atom. The molecule has 31 heavy (non-hydrogen) atoms. The minimum absolute atomic E-state index is 0.0444. The number of aromatic nitrogens is 1. The lowest BCUT2D eigenvalue weighted by Gasteiger charge is -2.47. The number of ether oxygens (including phenoxy) is 2. The molecule has 0 bridgehead atoms. The Morgan fingerprint density at radius 2 is 1.90 bits per heavy atom. The molecule has 6 rings (SSSR count). The monoisotopic (exact) mass is 419 g/mol. The Bertz CT molecular complexity index is 1030. The molecule has 2 aromatic rings. The molecule has 4 aliphatic rings. The first-order valence-electron chi connectivity index (χ1n) is 11.5. The first kappa shape index (κ1) is 19.1. The van der Waals surface area contributed by atoms with Gasteiger partial charge in [0.15, 0.2) is 11.5 Å². The third kappa shape index (κ3) is 3.11. The fourth-order valence-corrected chi connectivity index (χ4v) is 6.01. The first-order valence-corrected chi connectivity index (χ1v) is 11.5. The van der Waals surface area contributed by atoms with Crippen LogP contribution in [0.4, 0.5) is 0 Å². The molecule has 0 amide bonds. The summed E-state index contributed by atoms with van der Waals surface area (Å²) in [4.78, 5) is 12.8. The fraction of sp³-hybridized carbons (Fsp3) is 0.520. The SMILES string of the molecule is Cc1cccc(C2N=C3N(CCCC34CCC(O)CC4)C2c2ccc3c(c2)OCO3)n1. The van der Waals surface area contributed by atoms with E-state index in [1.165, 1.54) is 11.4 Å². The molecule has 1 aliphatic carbocycles. The van der Waals surface area contributed by atoms with E-state index in [-0.39, 0.29) is 30.4 Å². The number of hydrogen-bond acceptors (Lipinski definition) is 6. The number of aliphatic hydroxyl groups excluding tert-OH is 1. The van der Waals surface area contributed by atoms with Crippen molar-refractivity contribution in [2.45, 2.75) is 63.6 Å². The van der Waals surface area contributed by atoms with Crippen LogP contribution >= 0.6 is 0 Å². The topological polar surface area (TPSA) is 67.2 Å². The predicted molar refractivity (Wildman–Crippen MR) is 117 cm³/mol. The third-order valence-corrected chi connectivity index (χ3v) is 7.56. The van der Waals surface area contributed by atoms with Gasteiger partial charge in [0, 0.05) is 17.7 Å². The molecule has 1 N–H and O–H groups in total. The summed E-state index contributed by atoms with van der Waals surface area (Å²) in [7, 11) is 0. The van der Waals surface area contributed by atoms with Gasteiger partial charge in [0.2, 0.25) is 6.79 Å². The number of piperidine rings is 1. The van der Waals surface area contributed by atoms with Crippen molar-refractivity contribution in [3.05, 3.63) is 53.3 Å². The molecule has 1 aromatic heterocycles. The highest BCUT2D eigenvalue weighted by Crippen LogP contribution is 2.53. The van der Waals surface area contributed by atoms with Gasteiger partial charge in [-0.05, 0) is 75.3 Å². The van der Waals surface area contributed by atoms with Gasteiger partial charge in [-0.25, -0.2) is 0 Å². The van der Waals surface area contributed by atoms with E-state index >= 15 is 0 Å². The van der Waals surface area contributed by atoms with Crippen molar-refractivity contribution in [3.63, 3.8) is 0 Å². The van der Waals surface area contributed by atoms with Crippen molar-refractivity contribution in [2.24, 2.45) is 10.4 Å². The van der Waals surface area contributed by atoms with E-state index in [1.54, 1.807) is 0 Å². The average molecular weight is 420 g/mol. The molecule has 0 radical (unpaired) electrons. The summed E-state index contributed by atoms with van der Waals surface area (Å²) < 4.78 is 11.2. The Labute approximate surface area is 182 Å². The summed E-state index contributed by atoms with van der Waals surface area (Å²) in [6, 6.07) is 12.6. The maximum Gasteiger partial charge on any atom is 0.231 e. The van der Waals surface area contributed by atoms with Gasteiger partial charge in [-0.1, -0.05) is 12.1 Å². The number of amidine groups is 1. The number of aryl methyl sites for hydroxylation is 1. The number of nitrogens with zero attached hydrogens (tertiary/aromatic N) is 3. The van der Waals surface area contributed by atoms with Gasteiger partial charge < -0.3 is 19.5 Å². The molecule has 2 fully saturated rings. The highest BCUT2D eigenvalue weighted by Gasteiger charge is 2.51. The zero-order valence-corrected chi connectivity index (χ0v) is 18.0. The van der Waals surface area contributed by atoms with Gasteiger partial charge in [-0.15, -0.1) is 0 Å². The zero-order chi connectivity index (χ0) is 21.0. The van der Waals surface area contributed by atoms with Crippen LogP contribution in [0.1, 0.15) is 67.6 Å². The molecule has 1 saturated heterocycles. The van der Waals surface area contributed by atoms with Crippen LogP contribution in [0.15, 0.2) is 41.4 Å². The smallest absolute Gasteiger partial charge is 0.231 e. The molecule has 2 unspecified atom stereocenters. The van der Waals surface area contributed by atoms with Crippen LogP contribution in [0, 0.1) is 12.3 Å². The molecule has 1 saturated carbocycles. The number of hydrogen-bond donors (Lipinski definition) is 1. The number of aliphatic hydroxyl groups is 1. The van der Waals surface area contributed by atoms with E-state index in [4.69, 9.17) is 19.5 Å². The molecule has 3 aliphatic heterocycles. The Balaban J connectivity index is 1.45. The summed E-state index contributed by atoms with van der Waals surface area (Å²) >= 11 is 0. The van der Waals surface area contributed by atoms with Crippen LogP contribution in [0.5, 0.6) is 11.5 Å². The number of fused-ring (bicyclic) bond motifs is 3. The summed E-state index contributed by atoms with van der Waals surface area (Å²) in [5.41, 5.74) is 3.33. The number of rotatable bonds is 2. The second-order valence-corrected chi connectivity index (χ2v) is 9.47. The highest BCUT2D eigenvalue weighted by atomic mass is 16.7. The van der Waals surface area contributed by atoms with E-state index in [0.717, 1.165) is 68.0 Å². The summed E-state index contributed by atoms with van der Waals surface area (Å²) in [6.45, 7) is 3.33. The van der Waals surface area contributed by atoms with Crippen LogP contribution in [-0.4, -0.2) is 40.3 Å². The molecule has 6 heteroatoms. The number of benzene rings is 1. The number of aliphatic imine (C=N–C) groups is 1. The molecule has 162 valence electrons. The second-order valence-electron chi connectivity index (χ2n) is 9.47. The average Bonchev–Trinajstić information content (AvgIpc) is 3.41. The molecular weight excluding hydrogens is 390 g/mol. The molecule has 1 aromatic carbocycles. The predicted octanol–water partition coefficient (Wildman–Crippen LogP) is 4.33. The fourth-order valence-electron chi connectivity index (χ4n) is 6.01. The van der Waals surface area contributed by atoms with Crippen molar-refractivity contribution in [3.8, 4) is 11.5 Å². The van der Waals surface area contributed by atoms with Gasteiger partial charge in [-0.2, -0.15) is 0 Å². The van der Waals surface area contributed by atoms with E-state index in [9.17, 15) is 5.11 Å². The van der Waals surface area contributed by atoms with Gasteiger partial charge in [0.05, 0.1) is 17.8 Å². The molecule has 4 heterocycles. The van der Waals surface area contributed by atoms with Crippen LogP contribution in [-0.2, 0) is 0 Å². The maximum atomic E-state index is 10.2. The minimum Gasteiger partial charge on any atom is -0.454 e. The van der Waals surface area contributed by atoms with E-state index < -0.39 is 0 Å². The molecule has 6 nitrogen and oxygen atoms in total. The molecule has 2 atom stereocenters. The second kappa shape index (κ2) is 7.23. The van der Waals surface area contributed by atoms with Crippen molar-refractivity contribution in [2.75, 3.05) is 13.3 Å². The van der Waals surface area contributed by atoms with Crippen LogP contribution in [0.25, 0.3) is 0 Å². The van der Waals surface area contributed by atoms with E-state index in [2.05, 4.69) is 29.2 Å². The standard InChI is InChI=1S/C25H29N3O3/c1-16-4-2-5-19(26-16)22-23(17-6-7-20-21(14-17)31-15-30-20)28-13-3-10-25(24(28)27-22)11-8-18(29)9-12-25/h2,4-7,14,18,22-23,29H,3,8-13,15H2,1H3. The molecule has 1 spiro atoms. The normalized spacial score (nSPS) is 31.6. The minimum atomic E-state index is -0.165. The third-order valence-electron chi connectivity index (χ3n) is 7.56. The lowest BCUT2D eigenvalue weighted by Crippen LogP contribution is -2.49. The van der Waals surface area contributed by atoms with Gasteiger partial charge in [0.1, 0.15) is 11.9 Å². The van der Waals surface area contributed by atoms with Crippen LogP contribution in [0.2, 0.25) is 0 Å². The van der Waals surface area contributed by atoms with Gasteiger partial charge >= 0.3 is 0 Å². The maximum absolute atomic E-state index is 10.2. The first-order chi connectivity index (χ1) is 15.1. The lowest BCUT2D eigenvalue weighted by molar-refractivity contribution is 0.0723. The lowest BCUT2D eigenvalue weighted by atomic mass is 9.67. The van der Waals surface area contributed by atoms with Crippen molar-refractivity contribution < 1.29 is 14.6 Å². The van der Waals surface area contributed by atoms with Gasteiger partial charge in [0.25, 0.3) is 0 Å². The van der Waals surface area contributed by atoms with E-state index in [1.807, 2.05) is 19.1 Å². The number of pyridine rings is 1. The largest absolute Gasteiger partial charge is 0.454 e. The van der Waals surface area contributed by atoms with Crippen molar-refractivity contribution >= 4 is 5.84 Å². The Kier molecular flexibility index (Phi) is 4.46.